The number of nitrogens with zero attached hydrogens (tertiary/aromatic N) is 3. The van der Waals surface area contributed by atoms with Gasteiger partial charge in [0.2, 0.25) is 11.8 Å². The Labute approximate surface area is 152 Å². The molecule has 0 spiro atoms. The van der Waals surface area contributed by atoms with Crippen LogP contribution in [0.3, 0.4) is 0 Å². The number of fused-ring (bicyclic) bond motifs is 1. The molecule has 1 heterocycles. The second-order valence-electron chi connectivity index (χ2n) is 6.56. The number of nitrogens with two attached hydrogens (primary N) is 1. The fraction of sp³-hybridized carbons (Fsp3) is 0.250. The number of hydrogen-bond donors (Lipinski definition) is 1. The topological polar surface area (TPSA) is 81.3 Å². The highest BCUT2D eigenvalue weighted by Crippen LogP contribution is 2.30. The molecule has 0 unspecified atom stereocenters. The zero-order chi connectivity index (χ0) is 18.8. The highest BCUT2D eigenvalue weighted by Gasteiger charge is 2.12. The fourth-order valence-electron chi connectivity index (χ4n) is 2.67. The van der Waals surface area contributed by atoms with Crippen LogP contribution in [0.25, 0.3) is 22.0 Å². The number of benzene rings is 2. The van der Waals surface area contributed by atoms with E-state index in [1.807, 2.05) is 56.3 Å². The predicted octanol–water partition coefficient (Wildman–Crippen LogP) is 3.37. The van der Waals surface area contributed by atoms with Gasteiger partial charge in [0.05, 0.1) is 17.0 Å². The van der Waals surface area contributed by atoms with Crippen LogP contribution in [0.1, 0.15) is 24.2 Å². The third-order valence-corrected chi connectivity index (χ3v) is 3.90. The van der Waals surface area contributed by atoms with Gasteiger partial charge >= 0.3 is 0 Å². The maximum Gasteiger partial charge on any atom is 0.253 e. The molecular weight excluding hydrogens is 328 g/mol. The van der Waals surface area contributed by atoms with Crippen molar-refractivity contribution in [1.29, 1.82) is 0 Å². The molecule has 1 aromatic heterocycles. The van der Waals surface area contributed by atoms with Crippen molar-refractivity contribution in [2.24, 2.45) is 0 Å². The molecule has 0 radical (unpaired) electrons. The van der Waals surface area contributed by atoms with Crippen molar-refractivity contribution < 1.29 is 9.53 Å². The van der Waals surface area contributed by atoms with Crippen molar-refractivity contribution in [3.05, 3.63) is 48.0 Å². The minimum absolute atomic E-state index is 0.0208. The molecule has 6 heteroatoms. The first-order valence-electron chi connectivity index (χ1n) is 8.41. The van der Waals surface area contributed by atoms with Crippen LogP contribution in [-0.4, -0.2) is 41.0 Å². The number of carbonyl (C=O) groups excluding carboxylic acids is 1. The minimum atomic E-state index is -0.0217. The molecule has 3 aromatic rings. The molecule has 2 N–H and O–H groups in total. The van der Waals surface area contributed by atoms with Crippen molar-refractivity contribution in [3.8, 4) is 17.0 Å². The molecule has 134 valence electrons. The van der Waals surface area contributed by atoms with E-state index in [1.165, 1.54) is 0 Å². The van der Waals surface area contributed by atoms with E-state index in [4.69, 9.17) is 10.5 Å². The van der Waals surface area contributed by atoms with E-state index in [-0.39, 0.29) is 18.0 Å². The molecule has 0 atom stereocenters. The average Bonchev–Trinajstić information content (AvgIpc) is 2.60. The summed E-state index contributed by atoms with van der Waals surface area (Å²) < 4.78 is 5.79. The van der Waals surface area contributed by atoms with Gasteiger partial charge in [-0.05, 0) is 49.2 Å². The van der Waals surface area contributed by atoms with Crippen LogP contribution in [-0.2, 0) is 0 Å². The summed E-state index contributed by atoms with van der Waals surface area (Å²) in [7, 11) is 3.48. The molecule has 0 saturated heterocycles. The Bertz CT molecular complexity index is 950. The largest absolute Gasteiger partial charge is 0.474 e. The van der Waals surface area contributed by atoms with E-state index in [0.717, 1.165) is 22.0 Å². The van der Waals surface area contributed by atoms with Gasteiger partial charge in [0.15, 0.2) is 0 Å². The summed E-state index contributed by atoms with van der Waals surface area (Å²) in [4.78, 5) is 22.1. The summed E-state index contributed by atoms with van der Waals surface area (Å²) in [5.74, 6) is 0.641. The van der Waals surface area contributed by atoms with Gasteiger partial charge in [0.1, 0.15) is 0 Å². The van der Waals surface area contributed by atoms with Gasteiger partial charge in [0.25, 0.3) is 5.91 Å². The highest BCUT2D eigenvalue weighted by atomic mass is 16.5. The number of amides is 1. The molecule has 26 heavy (non-hydrogen) atoms. The standard InChI is InChI=1S/C20H22N4O2/c1-12(2)26-18-16-11-15(9-10-17(16)22-20(21)23-18)13-5-7-14(8-6-13)19(25)24(3)4/h5-12H,1-4H3,(H2,21,22,23). The van der Waals surface area contributed by atoms with Crippen LogP contribution >= 0.6 is 0 Å². The average molecular weight is 350 g/mol. The minimum Gasteiger partial charge on any atom is -0.474 e. The monoisotopic (exact) mass is 350 g/mol. The summed E-state index contributed by atoms with van der Waals surface area (Å²) in [5.41, 5.74) is 9.15. The molecule has 2 aromatic carbocycles. The predicted molar refractivity (Wildman–Crippen MR) is 103 cm³/mol. The lowest BCUT2D eigenvalue weighted by Crippen LogP contribution is -2.21. The zero-order valence-corrected chi connectivity index (χ0v) is 15.4. The SMILES string of the molecule is CC(C)Oc1nc(N)nc2ccc(-c3ccc(C(=O)N(C)C)cc3)cc12. The lowest BCUT2D eigenvalue weighted by atomic mass is 10.0. The highest BCUT2D eigenvalue weighted by molar-refractivity contribution is 5.95. The van der Waals surface area contributed by atoms with Gasteiger partial charge in [-0.2, -0.15) is 4.98 Å². The third-order valence-electron chi connectivity index (χ3n) is 3.90. The Hall–Kier alpha value is -3.15. The molecule has 1 amide bonds. The van der Waals surface area contributed by atoms with Crippen LogP contribution < -0.4 is 10.5 Å². The van der Waals surface area contributed by atoms with E-state index in [2.05, 4.69) is 9.97 Å². The van der Waals surface area contributed by atoms with Crippen LogP contribution in [0.4, 0.5) is 5.95 Å². The Morgan fingerprint density at radius 2 is 1.69 bits per heavy atom. The lowest BCUT2D eigenvalue weighted by molar-refractivity contribution is 0.0827. The van der Waals surface area contributed by atoms with Crippen LogP contribution in [0.15, 0.2) is 42.5 Å². The number of nitrogen functional groups attached to an aromatic ring is 1. The molecule has 0 aliphatic heterocycles. The van der Waals surface area contributed by atoms with E-state index < -0.39 is 0 Å². The molecule has 0 bridgehead atoms. The number of ether oxygens (including phenoxy) is 1. The van der Waals surface area contributed by atoms with Crippen molar-refractivity contribution in [2.75, 3.05) is 19.8 Å². The molecule has 0 aliphatic rings. The number of rotatable bonds is 4. The Kier molecular flexibility index (Phi) is 4.75. The van der Waals surface area contributed by atoms with E-state index in [9.17, 15) is 4.79 Å². The van der Waals surface area contributed by atoms with Crippen molar-refractivity contribution in [1.82, 2.24) is 14.9 Å². The van der Waals surface area contributed by atoms with Crippen molar-refractivity contribution in [2.45, 2.75) is 20.0 Å². The number of hydrogen-bond acceptors (Lipinski definition) is 5. The summed E-state index contributed by atoms with van der Waals surface area (Å²) in [6, 6.07) is 13.4. The summed E-state index contributed by atoms with van der Waals surface area (Å²) in [6.07, 6.45) is -0.0208. The normalized spacial score (nSPS) is 11.0. The first kappa shape index (κ1) is 17.7. The van der Waals surface area contributed by atoms with E-state index in [1.54, 1.807) is 19.0 Å². The van der Waals surface area contributed by atoms with Gasteiger partial charge in [-0.1, -0.05) is 18.2 Å². The van der Waals surface area contributed by atoms with Gasteiger partial charge < -0.3 is 15.4 Å². The van der Waals surface area contributed by atoms with E-state index >= 15 is 0 Å². The van der Waals surface area contributed by atoms with Gasteiger partial charge in [0, 0.05) is 19.7 Å². The Morgan fingerprint density at radius 3 is 2.31 bits per heavy atom. The summed E-state index contributed by atoms with van der Waals surface area (Å²) >= 11 is 0. The van der Waals surface area contributed by atoms with Crippen molar-refractivity contribution in [3.63, 3.8) is 0 Å². The van der Waals surface area contributed by atoms with Gasteiger partial charge in [-0.3, -0.25) is 4.79 Å². The molecule has 0 saturated carbocycles. The number of carbonyl (C=O) groups is 1. The maximum absolute atomic E-state index is 12.0. The first-order valence-corrected chi connectivity index (χ1v) is 8.41. The Balaban J connectivity index is 2.03. The number of anilines is 1. The van der Waals surface area contributed by atoms with Crippen LogP contribution in [0, 0.1) is 0 Å². The van der Waals surface area contributed by atoms with Crippen molar-refractivity contribution >= 4 is 22.8 Å². The second-order valence-corrected chi connectivity index (χ2v) is 6.56. The van der Waals surface area contributed by atoms with Gasteiger partial charge in [-0.15, -0.1) is 0 Å². The zero-order valence-electron chi connectivity index (χ0n) is 15.4. The van der Waals surface area contributed by atoms with Gasteiger partial charge in [-0.25, -0.2) is 4.98 Å². The van der Waals surface area contributed by atoms with Crippen LogP contribution in [0.5, 0.6) is 5.88 Å². The maximum atomic E-state index is 12.0. The molecule has 3 rings (SSSR count). The first-order chi connectivity index (χ1) is 12.3. The smallest absolute Gasteiger partial charge is 0.253 e. The fourth-order valence-corrected chi connectivity index (χ4v) is 2.67. The van der Waals surface area contributed by atoms with Crippen LogP contribution in [0.2, 0.25) is 0 Å². The molecule has 6 nitrogen and oxygen atoms in total. The summed E-state index contributed by atoms with van der Waals surface area (Å²) in [5, 5.41) is 0.804. The quantitative estimate of drug-likeness (QED) is 0.780. The van der Waals surface area contributed by atoms with E-state index in [0.29, 0.717) is 11.4 Å². The Morgan fingerprint density at radius 1 is 1.04 bits per heavy atom. The third kappa shape index (κ3) is 3.59. The molecular formula is C20H22N4O2. The second kappa shape index (κ2) is 7.00. The number of aromatic nitrogens is 2. The molecule has 0 fully saturated rings. The lowest BCUT2D eigenvalue weighted by Gasteiger charge is -2.13. The molecule has 0 aliphatic carbocycles. The summed E-state index contributed by atoms with van der Waals surface area (Å²) in [6.45, 7) is 3.88.